The van der Waals surface area contributed by atoms with Gasteiger partial charge < -0.3 is 29.8 Å². The van der Waals surface area contributed by atoms with Crippen molar-refractivity contribution in [1.82, 2.24) is 4.57 Å². The Balaban J connectivity index is 2.01. The predicted octanol–water partition coefficient (Wildman–Crippen LogP) is 1.69. The summed E-state index contributed by atoms with van der Waals surface area (Å²) in [5.41, 5.74) is 5.93. The predicted molar refractivity (Wildman–Crippen MR) is 91.8 cm³/mol. The second kappa shape index (κ2) is 5.60. The van der Waals surface area contributed by atoms with Gasteiger partial charge in [0.1, 0.15) is 12.3 Å². The van der Waals surface area contributed by atoms with Gasteiger partial charge in [0, 0.05) is 18.6 Å². The lowest BCUT2D eigenvalue weighted by Crippen LogP contribution is -2.63. The minimum Gasteiger partial charge on any atom is -0.487 e. The van der Waals surface area contributed by atoms with Crippen LogP contribution in [0.2, 0.25) is 0 Å². The Hall–Kier alpha value is -2.81. The van der Waals surface area contributed by atoms with Gasteiger partial charge in [-0.3, -0.25) is 4.79 Å². The van der Waals surface area contributed by atoms with Gasteiger partial charge in [0.15, 0.2) is 17.3 Å². The zero-order valence-corrected chi connectivity index (χ0v) is 14.2. The van der Waals surface area contributed by atoms with Crippen LogP contribution >= 0.6 is 0 Å². The number of hydrogen-bond donors (Lipinski definition) is 2. The summed E-state index contributed by atoms with van der Waals surface area (Å²) in [4.78, 5) is 25.3. The summed E-state index contributed by atoms with van der Waals surface area (Å²) in [5.74, 6) is -0.705. The molecule has 2 aliphatic heterocycles. The molecule has 2 aliphatic rings. The summed E-state index contributed by atoms with van der Waals surface area (Å²) in [6.07, 6.45) is -0.266. The van der Waals surface area contributed by atoms with Crippen LogP contribution in [0, 0.1) is 5.82 Å². The number of carbonyl (C=O) groups is 1. The zero-order chi connectivity index (χ0) is 18.7. The van der Waals surface area contributed by atoms with E-state index in [1.165, 1.54) is 6.20 Å². The van der Waals surface area contributed by atoms with Crippen molar-refractivity contribution in [3.05, 3.63) is 28.3 Å². The first-order valence-corrected chi connectivity index (χ1v) is 8.26. The summed E-state index contributed by atoms with van der Waals surface area (Å²) in [6, 6.07) is 0.806. The summed E-state index contributed by atoms with van der Waals surface area (Å²) in [6.45, 7) is 4.48. The number of pyridine rings is 1. The first kappa shape index (κ1) is 16.6. The number of nitrogens with two attached hydrogens (primary N) is 1. The van der Waals surface area contributed by atoms with Gasteiger partial charge in [-0.05, 0) is 19.9 Å². The first-order chi connectivity index (χ1) is 12.3. The third-order valence-corrected chi connectivity index (χ3v) is 5.11. The van der Waals surface area contributed by atoms with Crippen LogP contribution in [0.5, 0.6) is 11.5 Å². The average molecular weight is 363 g/mol. The number of carboxylic acid groups (broad SMARTS) is 1. The SMILES string of the molecule is C[C@H]1[C@H](N)CN1c1c(F)cc2c(=O)c(OC(=O)O)cn3c2c1OC[C@@H]3C. The molecule has 1 saturated heterocycles. The molecule has 2 aromatic rings. The van der Waals surface area contributed by atoms with Gasteiger partial charge in [-0.25, -0.2) is 9.18 Å². The van der Waals surface area contributed by atoms with Gasteiger partial charge in [-0.2, -0.15) is 0 Å². The smallest absolute Gasteiger partial charge is 0.487 e. The van der Waals surface area contributed by atoms with E-state index in [4.69, 9.17) is 15.6 Å². The molecule has 3 atom stereocenters. The molecule has 0 aliphatic carbocycles. The molecular formula is C17H18FN3O5. The van der Waals surface area contributed by atoms with Crippen LogP contribution in [-0.2, 0) is 0 Å². The molecule has 0 spiro atoms. The molecular weight excluding hydrogens is 345 g/mol. The fraction of sp³-hybridized carbons (Fsp3) is 0.412. The molecule has 0 amide bonds. The molecule has 0 unspecified atom stereocenters. The van der Waals surface area contributed by atoms with Crippen molar-refractivity contribution in [3.63, 3.8) is 0 Å². The Bertz CT molecular complexity index is 989. The van der Waals surface area contributed by atoms with Crippen LogP contribution in [0.3, 0.4) is 0 Å². The Morgan fingerprint density at radius 2 is 2.19 bits per heavy atom. The lowest BCUT2D eigenvalue weighted by Gasteiger charge is -2.47. The summed E-state index contributed by atoms with van der Waals surface area (Å²) < 4.78 is 27.0. The van der Waals surface area contributed by atoms with Crippen LogP contribution in [0.25, 0.3) is 10.9 Å². The Morgan fingerprint density at radius 3 is 2.81 bits per heavy atom. The number of rotatable bonds is 2. The van der Waals surface area contributed by atoms with E-state index < -0.39 is 17.4 Å². The van der Waals surface area contributed by atoms with Gasteiger partial charge >= 0.3 is 6.16 Å². The van der Waals surface area contributed by atoms with Crippen LogP contribution in [0.15, 0.2) is 17.1 Å². The van der Waals surface area contributed by atoms with E-state index in [9.17, 15) is 14.0 Å². The van der Waals surface area contributed by atoms with E-state index in [2.05, 4.69) is 4.74 Å². The molecule has 0 saturated carbocycles. The number of nitrogens with zero attached hydrogens (tertiary/aromatic N) is 2. The lowest BCUT2D eigenvalue weighted by atomic mass is 9.96. The van der Waals surface area contributed by atoms with Crippen LogP contribution in [0.4, 0.5) is 14.9 Å². The van der Waals surface area contributed by atoms with Crippen molar-refractivity contribution < 1.29 is 23.8 Å². The number of hydrogen-bond acceptors (Lipinski definition) is 6. The minimum atomic E-state index is -1.60. The number of benzene rings is 1. The van der Waals surface area contributed by atoms with E-state index in [0.717, 1.165) is 6.07 Å². The Labute approximate surface area is 147 Å². The molecule has 138 valence electrons. The fourth-order valence-corrected chi connectivity index (χ4v) is 3.55. The molecule has 8 nitrogen and oxygen atoms in total. The largest absolute Gasteiger partial charge is 0.511 e. The van der Waals surface area contributed by atoms with Gasteiger partial charge in [-0.1, -0.05) is 0 Å². The van der Waals surface area contributed by atoms with Gasteiger partial charge in [-0.15, -0.1) is 0 Å². The summed E-state index contributed by atoms with van der Waals surface area (Å²) >= 11 is 0. The zero-order valence-electron chi connectivity index (χ0n) is 14.2. The van der Waals surface area contributed by atoms with Gasteiger partial charge in [0.25, 0.3) is 0 Å². The first-order valence-electron chi connectivity index (χ1n) is 8.26. The molecule has 26 heavy (non-hydrogen) atoms. The second-order valence-corrected chi connectivity index (χ2v) is 6.75. The standard InChI is InChI=1S/C17H18FN3O5/c1-7-6-25-16-13-9(15(22)12(5-20(7)13)26-17(23)24)3-10(18)14(16)21-4-11(19)8(21)2/h3,5,7-8,11H,4,6,19H2,1-2H3,(H,23,24)/t7-,8-,11+/m0/s1. The van der Waals surface area contributed by atoms with E-state index in [1.54, 1.807) is 9.47 Å². The van der Waals surface area contributed by atoms with Crippen LogP contribution < -0.4 is 25.5 Å². The van der Waals surface area contributed by atoms with Crippen molar-refractivity contribution in [3.8, 4) is 11.5 Å². The molecule has 1 aromatic heterocycles. The lowest BCUT2D eigenvalue weighted by molar-refractivity contribution is 0.143. The van der Waals surface area contributed by atoms with Crippen LogP contribution in [-0.4, -0.2) is 41.1 Å². The number of anilines is 1. The molecule has 1 fully saturated rings. The van der Waals surface area contributed by atoms with Gasteiger partial charge in [0.05, 0.1) is 23.1 Å². The van der Waals surface area contributed by atoms with Gasteiger partial charge in [0.2, 0.25) is 5.43 Å². The molecule has 1 aromatic carbocycles. The third-order valence-electron chi connectivity index (χ3n) is 5.11. The number of ether oxygens (including phenoxy) is 2. The van der Waals surface area contributed by atoms with Crippen molar-refractivity contribution in [1.29, 1.82) is 0 Å². The number of aromatic nitrogens is 1. The molecule has 3 N–H and O–H groups in total. The molecule has 4 rings (SSSR count). The monoisotopic (exact) mass is 363 g/mol. The second-order valence-electron chi connectivity index (χ2n) is 6.75. The highest BCUT2D eigenvalue weighted by molar-refractivity contribution is 5.93. The third kappa shape index (κ3) is 2.23. The average Bonchev–Trinajstić information content (AvgIpc) is 2.59. The maximum Gasteiger partial charge on any atom is 0.511 e. The maximum absolute atomic E-state index is 14.9. The van der Waals surface area contributed by atoms with Crippen LogP contribution in [0.1, 0.15) is 19.9 Å². The van der Waals surface area contributed by atoms with Crippen molar-refractivity contribution >= 4 is 22.7 Å². The summed E-state index contributed by atoms with van der Waals surface area (Å²) in [5, 5.41) is 8.86. The fourth-order valence-electron chi connectivity index (χ4n) is 3.55. The highest BCUT2D eigenvalue weighted by atomic mass is 19.1. The molecule has 9 heteroatoms. The van der Waals surface area contributed by atoms with E-state index in [1.807, 2.05) is 13.8 Å². The molecule has 0 bridgehead atoms. The van der Waals surface area contributed by atoms with E-state index >= 15 is 0 Å². The van der Waals surface area contributed by atoms with Crippen molar-refractivity contribution in [2.75, 3.05) is 18.1 Å². The maximum atomic E-state index is 14.9. The van der Waals surface area contributed by atoms with Crippen molar-refractivity contribution in [2.45, 2.75) is 32.0 Å². The van der Waals surface area contributed by atoms with E-state index in [0.29, 0.717) is 12.1 Å². The normalized spacial score (nSPS) is 24.2. The highest BCUT2D eigenvalue weighted by Crippen LogP contribution is 2.44. The number of halogens is 1. The topological polar surface area (TPSA) is 107 Å². The molecule has 0 radical (unpaired) electrons. The Morgan fingerprint density at radius 1 is 1.46 bits per heavy atom. The highest BCUT2D eigenvalue weighted by Gasteiger charge is 2.38. The summed E-state index contributed by atoms with van der Waals surface area (Å²) in [7, 11) is 0. The van der Waals surface area contributed by atoms with E-state index in [-0.39, 0.29) is 47.3 Å². The quantitative estimate of drug-likeness (QED) is 0.782. The van der Waals surface area contributed by atoms with Crippen molar-refractivity contribution in [2.24, 2.45) is 5.73 Å². The molecule has 3 heterocycles. The Kier molecular flexibility index (Phi) is 3.58. The minimum absolute atomic E-state index is 0.0176.